The summed E-state index contributed by atoms with van der Waals surface area (Å²) in [6, 6.07) is 15.6. The maximum atomic E-state index is 11.2. The third-order valence-electron chi connectivity index (χ3n) is 3.87. The summed E-state index contributed by atoms with van der Waals surface area (Å²) in [5, 5.41) is 0.872. The molecule has 0 aliphatic carbocycles. The van der Waals surface area contributed by atoms with Crippen LogP contribution >= 0.6 is 0 Å². The highest BCUT2D eigenvalue weighted by atomic mass is 16.5. The fourth-order valence-electron chi connectivity index (χ4n) is 2.60. The van der Waals surface area contributed by atoms with Crippen LogP contribution in [-0.4, -0.2) is 6.29 Å². The second-order valence-electron chi connectivity index (χ2n) is 5.60. The molecule has 0 aliphatic heterocycles. The van der Waals surface area contributed by atoms with E-state index in [1.165, 1.54) is 0 Å². The van der Waals surface area contributed by atoms with Crippen LogP contribution < -0.4 is 4.74 Å². The molecule has 1 aromatic heterocycles. The van der Waals surface area contributed by atoms with Gasteiger partial charge in [0.05, 0.1) is 10.9 Å². The van der Waals surface area contributed by atoms with Gasteiger partial charge in [-0.25, -0.2) is 0 Å². The highest BCUT2D eigenvalue weighted by Crippen LogP contribution is 2.32. The molecule has 118 valence electrons. The molecule has 23 heavy (non-hydrogen) atoms. The Morgan fingerprint density at radius 3 is 2.70 bits per heavy atom. The number of carbonyl (C=O) groups excluding carboxylic acids is 1. The minimum atomic E-state index is 0.492. The van der Waals surface area contributed by atoms with E-state index in [0.29, 0.717) is 17.8 Å². The zero-order chi connectivity index (χ0) is 16.1. The van der Waals surface area contributed by atoms with Crippen molar-refractivity contribution in [1.29, 1.82) is 0 Å². The number of aryl methyl sites for hydroxylation is 1. The molecule has 0 radical (unpaired) electrons. The van der Waals surface area contributed by atoms with Gasteiger partial charge >= 0.3 is 0 Å². The van der Waals surface area contributed by atoms with E-state index in [1.807, 2.05) is 42.5 Å². The Morgan fingerprint density at radius 1 is 1.13 bits per heavy atom. The highest BCUT2D eigenvalue weighted by Gasteiger charge is 2.13. The van der Waals surface area contributed by atoms with Crippen LogP contribution in [0.25, 0.3) is 11.0 Å². The van der Waals surface area contributed by atoms with E-state index in [9.17, 15) is 4.79 Å². The summed E-state index contributed by atoms with van der Waals surface area (Å²) < 4.78 is 11.8. The molecule has 0 fully saturated rings. The molecule has 2 aromatic carbocycles. The summed E-state index contributed by atoms with van der Waals surface area (Å²) in [6.45, 7) is 2.64. The van der Waals surface area contributed by atoms with E-state index in [0.717, 1.165) is 48.0 Å². The van der Waals surface area contributed by atoms with Crippen molar-refractivity contribution in [3.05, 3.63) is 65.4 Å². The first-order valence-corrected chi connectivity index (χ1v) is 7.99. The van der Waals surface area contributed by atoms with Crippen LogP contribution in [0.4, 0.5) is 0 Å². The van der Waals surface area contributed by atoms with Crippen molar-refractivity contribution in [2.45, 2.75) is 32.8 Å². The van der Waals surface area contributed by atoms with Crippen molar-refractivity contribution < 1.29 is 13.9 Å². The lowest BCUT2D eigenvalue weighted by Crippen LogP contribution is -1.95. The molecular formula is C20H20O3. The lowest BCUT2D eigenvalue weighted by molar-refractivity contribution is 0.112. The Morgan fingerprint density at radius 2 is 1.96 bits per heavy atom. The third kappa shape index (κ3) is 3.45. The number of hydrogen-bond acceptors (Lipinski definition) is 3. The van der Waals surface area contributed by atoms with Crippen molar-refractivity contribution in [3.63, 3.8) is 0 Å². The molecule has 1 heterocycles. The first-order chi connectivity index (χ1) is 11.3. The standard InChI is InChI=1S/C20H20O3/c1-2-3-9-17-12-18-19(11-10-16(13-21)20(18)23-17)22-14-15-7-5-4-6-8-15/h4-8,10-13H,2-3,9,14H2,1H3. The van der Waals surface area contributed by atoms with Crippen molar-refractivity contribution >= 4 is 17.3 Å². The molecule has 0 saturated carbocycles. The predicted molar refractivity (Wildman–Crippen MR) is 91.0 cm³/mol. The van der Waals surface area contributed by atoms with Gasteiger partial charge in [0.2, 0.25) is 0 Å². The van der Waals surface area contributed by atoms with Gasteiger partial charge in [-0.3, -0.25) is 4.79 Å². The second kappa shape index (κ2) is 7.14. The van der Waals surface area contributed by atoms with E-state index in [2.05, 4.69) is 6.92 Å². The zero-order valence-corrected chi connectivity index (χ0v) is 13.2. The van der Waals surface area contributed by atoms with Gasteiger partial charge in [-0.2, -0.15) is 0 Å². The van der Waals surface area contributed by atoms with Crippen molar-refractivity contribution in [2.75, 3.05) is 0 Å². The van der Waals surface area contributed by atoms with Crippen LogP contribution in [0, 0.1) is 0 Å². The molecule has 0 bridgehead atoms. The molecule has 0 N–H and O–H groups in total. The maximum absolute atomic E-state index is 11.2. The number of benzene rings is 2. The van der Waals surface area contributed by atoms with Crippen LogP contribution in [0.5, 0.6) is 5.75 Å². The van der Waals surface area contributed by atoms with Gasteiger partial charge < -0.3 is 9.15 Å². The first-order valence-electron chi connectivity index (χ1n) is 7.99. The molecule has 0 amide bonds. The van der Waals surface area contributed by atoms with E-state index >= 15 is 0 Å². The number of unbranched alkanes of at least 4 members (excludes halogenated alkanes) is 1. The van der Waals surface area contributed by atoms with Gasteiger partial charge in [0.25, 0.3) is 0 Å². The van der Waals surface area contributed by atoms with Crippen LogP contribution in [-0.2, 0) is 13.0 Å². The number of hydrogen-bond donors (Lipinski definition) is 0. The summed E-state index contributed by atoms with van der Waals surface area (Å²) >= 11 is 0. The van der Waals surface area contributed by atoms with Crippen molar-refractivity contribution in [3.8, 4) is 5.75 Å². The second-order valence-corrected chi connectivity index (χ2v) is 5.60. The molecule has 0 spiro atoms. The summed E-state index contributed by atoms with van der Waals surface area (Å²) in [5.41, 5.74) is 2.29. The summed E-state index contributed by atoms with van der Waals surface area (Å²) in [5.74, 6) is 1.65. The lowest BCUT2D eigenvalue weighted by atomic mass is 10.1. The molecule has 0 aliphatic rings. The fourth-order valence-corrected chi connectivity index (χ4v) is 2.60. The van der Waals surface area contributed by atoms with E-state index in [4.69, 9.17) is 9.15 Å². The van der Waals surface area contributed by atoms with Crippen molar-refractivity contribution in [1.82, 2.24) is 0 Å². The Labute approximate surface area is 135 Å². The quantitative estimate of drug-likeness (QED) is 0.565. The summed E-state index contributed by atoms with van der Waals surface area (Å²) in [7, 11) is 0. The Kier molecular flexibility index (Phi) is 4.77. The molecule has 0 atom stereocenters. The predicted octanol–water partition coefficient (Wildman–Crippen LogP) is 5.17. The van der Waals surface area contributed by atoms with Crippen LogP contribution in [0.3, 0.4) is 0 Å². The number of furan rings is 1. The molecule has 0 saturated heterocycles. The van der Waals surface area contributed by atoms with Crippen molar-refractivity contribution in [2.24, 2.45) is 0 Å². The summed E-state index contributed by atoms with van der Waals surface area (Å²) in [6.07, 6.45) is 3.88. The number of ether oxygens (including phenoxy) is 1. The Balaban J connectivity index is 1.90. The topological polar surface area (TPSA) is 39.4 Å². The average molecular weight is 308 g/mol. The van der Waals surface area contributed by atoms with Gasteiger partial charge in [-0.1, -0.05) is 43.7 Å². The molecule has 3 nitrogen and oxygen atoms in total. The number of rotatable bonds is 7. The highest BCUT2D eigenvalue weighted by molar-refractivity contribution is 5.97. The van der Waals surface area contributed by atoms with E-state index in [1.54, 1.807) is 6.07 Å². The van der Waals surface area contributed by atoms with Gasteiger partial charge in [0.1, 0.15) is 23.7 Å². The Bertz CT molecular complexity index is 787. The molecule has 3 heteroatoms. The number of carbonyl (C=O) groups is 1. The van der Waals surface area contributed by atoms with E-state index < -0.39 is 0 Å². The lowest BCUT2D eigenvalue weighted by Gasteiger charge is -2.07. The van der Waals surface area contributed by atoms with Crippen LogP contribution in [0.1, 0.15) is 41.4 Å². The van der Waals surface area contributed by atoms with E-state index in [-0.39, 0.29) is 0 Å². The summed E-state index contributed by atoms with van der Waals surface area (Å²) in [4.78, 5) is 11.2. The first kappa shape index (κ1) is 15.3. The molecular weight excluding hydrogens is 288 g/mol. The van der Waals surface area contributed by atoms with Crippen LogP contribution in [0.15, 0.2) is 52.9 Å². The zero-order valence-electron chi connectivity index (χ0n) is 13.2. The van der Waals surface area contributed by atoms with Gasteiger partial charge in [0, 0.05) is 6.42 Å². The average Bonchev–Trinajstić information content (AvgIpc) is 3.03. The molecule has 3 aromatic rings. The van der Waals surface area contributed by atoms with Crippen LogP contribution in [0.2, 0.25) is 0 Å². The maximum Gasteiger partial charge on any atom is 0.153 e. The van der Waals surface area contributed by atoms with Gasteiger partial charge in [-0.05, 0) is 30.2 Å². The normalized spacial score (nSPS) is 10.8. The fraction of sp³-hybridized carbons (Fsp3) is 0.250. The van der Waals surface area contributed by atoms with Gasteiger partial charge in [-0.15, -0.1) is 0 Å². The van der Waals surface area contributed by atoms with Gasteiger partial charge in [0.15, 0.2) is 6.29 Å². The number of aldehydes is 1. The molecule has 0 unspecified atom stereocenters. The smallest absolute Gasteiger partial charge is 0.153 e. The largest absolute Gasteiger partial charge is 0.488 e. The monoisotopic (exact) mass is 308 g/mol. The SMILES string of the molecule is CCCCc1cc2c(OCc3ccccc3)ccc(C=O)c2o1. The number of fused-ring (bicyclic) bond motifs is 1. The molecule has 3 rings (SSSR count). The minimum Gasteiger partial charge on any atom is -0.488 e. The minimum absolute atomic E-state index is 0.492. The third-order valence-corrected chi connectivity index (χ3v) is 3.87. The Hall–Kier alpha value is -2.55.